The third kappa shape index (κ3) is 5.17. The minimum atomic E-state index is -1.02. The van der Waals surface area contributed by atoms with E-state index in [0.29, 0.717) is 0 Å². The molecular weight excluding hydrogens is 474 g/mol. The molecule has 38 heavy (non-hydrogen) atoms. The third-order valence-corrected chi connectivity index (χ3v) is 8.74. The minimum Gasteiger partial charge on any atom is -0.0680 e. The summed E-state index contributed by atoms with van der Waals surface area (Å²) in [5.74, 6) is 0. The van der Waals surface area contributed by atoms with Crippen molar-refractivity contribution < 1.29 is 0 Å². The zero-order valence-electron chi connectivity index (χ0n) is 22.4. The van der Waals surface area contributed by atoms with Crippen molar-refractivity contribution in [2.75, 3.05) is 26.2 Å². The monoisotopic (exact) mass is 507 g/mol. The third-order valence-electron chi connectivity index (χ3n) is 7.47. The molecule has 0 radical (unpaired) electrons. The first-order valence-corrected chi connectivity index (χ1v) is 16.7. The highest BCUT2D eigenvalue weighted by atomic mass is 31.2. The lowest BCUT2D eigenvalue weighted by Gasteiger charge is -2.22. The fourth-order valence-corrected chi connectivity index (χ4v) is 6.21. The van der Waals surface area contributed by atoms with Crippen LogP contribution in [0.3, 0.4) is 0 Å². The zero-order valence-corrected chi connectivity index (χ0v) is 23.3. The molecule has 0 aliphatic carbocycles. The predicted octanol–water partition coefficient (Wildman–Crippen LogP) is 8.29. The Morgan fingerprint density at radius 3 is 1.42 bits per heavy atom. The first-order chi connectivity index (χ1) is 18.4. The van der Waals surface area contributed by atoms with Gasteiger partial charge in [0.25, 0.3) is 0 Å². The molecule has 6 aromatic rings. The zero-order chi connectivity index (χ0) is 26.1. The minimum absolute atomic E-state index is 0.136. The second kappa shape index (κ2) is 10.2. The van der Waals surface area contributed by atoms with Crippen molar-refractivity contribution in [2.45, 2.75) is 0 Å². The molecule has 184 valence electrons. The van der Waals surface area contributed by atoms with Gasteiger partial charge in [0.2, 0.25) is 6.71 Å². The fourth-order valence-electron chi connectivity index (χ4n) is 5.47. The number of allylic oxidation sites excluding steroid dienone is 1. The van der Waals surface area contributed by atoms with Crippen molar-refractivity contribution in [3.05, 3.63) is 139 Å². The second-order valence-corrected chi connectivity index (χ2v) is 16.3. The molecule has 2 heteroatoms. The van der Waals surface area contributed by atoms with Crippen molar-refractivity contribution in [2.24, 2.45) is 0 Å². The van der Waals surface area contributed by atoms with E-state index in [1.807, 2.05) is 0 Å². The van der Waals surface area contributed by atoms with Crippen LogP contribution in [0.5, 0.6) is 0 Å². The van der Waals surface area contributed by atoms with Crippen LogP contribution in [-0.4, -0.2) is 32.9 Å². The molecule has 0 fully saturated rings. The van der Waals surface area contributed by atoms with Crippen LogP contribution in [0.4, 0.5) is 0 Å². The average molecular weight is 507 g/mol. The largest absolute Gasteiger partial charge is 0.241 e. The SMILES string of the molecule is C[P+](C)(C)C/C=C(\B(c1ccc2ccccc2c1)c1ccc2ccccc2c1)c1ccc2ccccc2c1. The van der Waals surface area contributed by atoms with E-state index in [4.69, 9.17) is 0 Å². The molecule has 0 spiro atoms. The first kappa shape index (κ1) is 24.7. The molecule has 0 aliphatic rings. The molecule has 0 amide bonds. The van der Waals surface area contributed by atoms with Crippen LogP contribution in [0.2, 0.25) is 0 Å². The predicted molar refractivity (Wildman–Crippen MR) is 174 cm³/mol. The van der Waals surface area contributed by atoms with E-state index in [2.05, 4.69) is 153 Å². The molecule has 6 rings (SSSR count). The van der Waals surface area contributed by atoms with Gasteiger partial charge in [0.1, 0.15) is 0 Å². The topological polar surface area (TPSA) is 0 Å². The second-order valence-electron chi connectivity index (χ2n) is 11.3. The highest BCUT2D eigenvalue weighted by molar-refractivity contribution is 7.73. The normalized spacial score (nSPS) is 12.3. The quantitative estimate of drug-likeness (QED) is 0.157. The average Bonchev–Trinajstić information content (AvgIpc) is 2.94. The van der Waals surface area contributed by atoms with Crippen molar-refractivity contribution >= 4 is 62.7 Å². The van der Waals surface area contributed by atoms with Crippen LogP contribution in [-0.2, 0) is 0 Å². The Labute approximate surface area is 227 Å². The molecule has 0 aliphatic heterocycles. The van der Waals surface area contributed by atoms with Gasteiger partial charge >= 0.3 is 0 Å². The highest BCUT2D eigenvalue weighted by Gasteiger charge is 2.27. The number of fused-ring (bicyclic) bond motifs is 3. The van der Waals surface area contributed by atoms with E-state index in [0.717, 1.165) is 6.16 Å². The van der Waals surface area contributed by atoms with Crippen molar-refractivity contribution in [3.8, 4) is 0 Å². The van der Waals surface area contributed by atoms with Crippen LogP contribution < -0.4 is 10.9 Å². The van der Waals surface area contributed by atoms with E-state index in [9.17, 15) is 0 Å². The van der Waals surface area contributed by atoms with Crippen LogP contribution in [0.25, 0.3) is 37.8 Å². The van der Waals surface area contributed by atoms with Crippen molar-refractivity contribution in [1.82, 2.24) is 0 Å². The molecule has 0 heterocycles. The summed E-state index contributed by atoms with van der Waals surface area (Å²) in [6.45, 7) is 7.44. The summed E-state index contributed by atoms with van der Waals surface area (Å²) in [5.41, 5.74) is 5.39. The van der Waals surface area contributed by atoms with Gasteiger partial charge in [0.05, 0.1) is 6.16 Å². The smallest absolute Gasteiger partial charge is 0.0680 e. The van der Waals surface area contributed by atoms with Crippen LogP contribution in [0, 0.1) is 0 Å². The van der Waals surface area contributed by atoms with Crippen LogP contribution in [0.15, 0.2) is 133 Å². The van der Waals surface area contributed by atoms with Crippen molar-refractivity contribution in [1.29, 1.82) is 0 Å². The standard InChI is InChI=1S/C36H33BP/c1-38(2,3)23-22-36(33-17-16-27-10-4-7-13-30(27)24-33)37(34-20-18-28-11-5-8-14-31(28)25-34)35-21-19-29-12-6-9-15-32(29)26-35/h4-22,24-26H,23H2,1-3H3/q+1/b36-22-. The Balaban J connectivity index is 1.61. The van der Waals surface area contributed by atoms with Gasteiger partial charge in [-0.1, -0.05) is 144 Å². The van der Waals surface area contributed by atoms with Crippen LogP contribution in [0.1, 0.15) is 5.56 Å². The molecule has 0 atom stereocenters. The fraction of sp³-hybridized carbons (Fsp3) is 0.111. The van der Waals surface area contributed by atoms with Gasteiger partial charge in [-0.15, -0.1) is 0 Å². The Hall–Kier alpha value is -3.67. The van der Waals surface area contributed by atoms with Gasteiger partial charge in [0.15, 0.2) is 0 Å². The number of hydrogen-bond acceptors (Lipinski definition) is 0. The summed E-state index contributed by atoms with van der Waals surface area (Å²) in [6, 6.07) is 47.1. The van der Waals surface area contributed by atoms with E-state index in [-0.39, 0.29) is 6.71 Å². The van der Waals surface area contributed by atoms with Gasteiger partial charge in [-0.2, -0.15) is 0 Å². The van der Waals surface area contributed by atoms with Gasteiger partial charge in [0, 0.05) is 27.3 Å². The molecule has 0 aromatic heterocycles. The lowest BCUT2D eigenvalue weighted by atomic mass is 9.35. The highest BCUT2D eigenvalue weighted by Crippen LogP contribution is 2.47. The molecule has 0 saturated heterocycles. The molecule has 0 nitrogen and oxygen atoms in total. The Morgan fingerprint density at radius 1 is 0.526 bits per heavy atom. The lowest BCUT2D eigenvalue weighted by molar-refractivity contribution is 1.63. The number of benzene rings is 6. The van der Waals surface area contributed by atoms with E-state index >= 15 is 0 Å². The number of rotatable bonds is 6. The Kier molecular flexibility index (Phi) is 6.65. The summed E-state index contributed by atoms with van der Waals surface area (Å²) in [4.78, 5) is 0. The summed E-state index contributed by atoms with van der Waals surface area (Å²) >= 11 is 0. The summed E-state index contributed by atoms with van der Waals surface area (Å²) in [6.07, 6.45) is 3.67. The number of hydrogen-bond donors (Lipinski definition) is 0. The Morgan fingerprint density at radius 2 is 0.947 bits per heavy atom. The molecule has 0 bridgehead atoms. The summed E-state index contributed by atoms with van der Waals surface area (Å²) < 4.78 is 0. The maximum Gasteiger partial charge on any atom is 0.241 e. The van der Waals surface area contributed by atoms with E-state index in [1.54, 1.807) is 0 Å². The van der Waals surface area contributed by atoms with Gasteiger partial charge in [-0.25, -0.2) is 0 Å². The van der Waals surface area contributed by atoms with Gasteiger partial charge in [-0.3, -0.25) is 0 Å². The van der Waals surface area contributed by atoms with E-state index in [1.165, 1.54) is 54.3 Å². The maximum absolute atomic E-state index is 2.55. The van der Waals surface area contributed by atoms with Gasteiger partial charge < -0.3 is 0 Å². The van der Waals surface area contributed by atoms with Crippen molar-refractivity contribution in [3.63, 3.8) is 0 Å². The maximum atomic E-state index is 2.55. The molecule has 6 aromatic carbocycles. The summed E-state index contributed by atoms with van der Waals surface area (Å²) in [5, 5.41) is 7.72. The molecule has 0 saturated carbocycles. The van der Waals surface area contributed by atoms with Gasteiger partial charge in [-0.05, 0) is 43.9 Å². The molecule has 0 N–H and O–H groups in total. The first-order valence-electron chi connectivity index (χ1n) is 13.4. The molecular formula is C36H33BP+. The lowest BCUT2D eigenvalue weighted by Crippen LogP contribution is -2.43. The van der Waals surface area contributed by atoms with E-state index < -0.39 is 7.26 Å². The summed E-state index contributed by atoms with van der Waals surface area (Å²) in [7, 11) is -1.02. The Bertz CT molecular complexity index is 1710. The molecule has 0 unspecified atom stereocenters. The van der Waals surface area contributed by atoms with Crippen LogP contribution >= 0.6 is 7.26 Å².